The highest BCUT2D eigenvalue weighted by Crippen LogP contribution is 2.28. The third-order valence-electron chi connectivity index (χ3n) is 2.74. The van der Waals surface area contributed by atoms with Crippen molar-refractivity contribution in [3.05, 3.63) is 29.8 Å². The van der Waals surface area contributed by atoms with Gasteiger partial charge in [-0.3, -0.25) is 4.79 Å². The van der Waals surface area contributed by atoms with Gasteiger partial charge >= 0.3 is 5.97 Å². The summed E-state index contributed by atoms with van der Waals surface area (Å²) in [6, 6.07) is 5.94. The number of ether oxygens (including phenoxy) is 1. The maximum absolute atomic E-state index is 11.8. The molecule has 1 amide bonds. The Morgan fingerprint density at radius 1 is 1.44 bits per heavy atom. The average Bonchev–Trinajstić information content (AvgIpc) is 2.79. The van der Waals surface area contributed by atoms with Gasteiger partial charge in [-0.25, -0.2) is 4.79 Å². The summed E-state index contributed by atoms with van der Waals surface area (Å²) in [7, 11) is 0. The van der Waals surface area contributed by atoms with Crippen LogP contribution in [0.4, 0.5) is 0 Å². The standard InChI is InChI=1S/C12H13NO5/c14-6-8(12(16)17)13-11(15)10-5-7-3-1-2-4-9(7)18-10/h1-4,8,10,14H,5-6H2,(H,13,15)(H,16,17). The van der Waals surface area contributed by atoms with Crippen molar-refractivity contribution < 1.29 is 24.5 Å². The molecule has 1 aliphatic heterocycles. The van der Waals surface area contributed by atoms with Crippen molar-refractivity contribution in [3.8, 4) is 5.75 Å². The van der Waals surface area contributed by atoms with Crippen LogP contribution in [0.25, 0.3) is 0 Å². The first-order valence-electron chi connectivity index (χ1n) is 5.50. The van der Waals surface area contributed by atoms with Crippen molar-refractivity contribution in [1.82, 2.24) is 5.32 Å². The second kappa shape index (κ2) is 5.05. The van der Waals surface area contributed by atoms with Crippen molar-refractivity contribution in [1.29, 1.82) is 0 Å². The van der Waals surface area contributed by atoms with E-state index in [9.17, 15) is 9.59 Å². The van der Waals surface area contributed by atoms with Gasteiger partial charge in [0, 0.05) is 6.42 Å². The number of carbonyl (C=O) groups excluding carboxylic acids is 1. The van der Waals surface area contributed by atoms with Crippen LogP contribution in [-0.4, -0.2) is 40.8 Å². The fraction of sp³-hybridized carbons (Fsp3) is 0.333. The van der Waals surface area contributed by atoms with E-state index in [1.54, 1.807) is 12.1 Å². The van der Waals surface area contributed by atoms with E-state index in [-0.39, 0.29) is 0 Å². The monoisotopic (exact) mass is 251 g/mol. The van der Waals surface area contributed by atoms with Gasteiger partial charge in [-0.2, -0.15) is 0 Å². The van der Waals surface area contributed by atoms with Crippen LogP contribution in [0.15, 0.2) is 24.3 Å². The molecule has 2 atom stereocenters. The molecule has 96 valence electrons. The third kappa shape index (κ3) is 2.43. The highest BCUT2D eigenvalue weighted by Gasteiger charge is 2.31. The minimum absolute atomic E-state index is 0.403. The number of benzene rings is 1. The molecule has 3 N–H and O–H groups in total. The molecule has 0 fully saturated rings. The van der Waals surface area contributed by atoms with E-state index in [4.69, 9.17) is 14.9 Å². The number of hydrogen-bond donors (Lipinski definition) is 3. The molecule has 1 aromatic rings. The fourth-order valence-corrected chi connectivity index (χ4v) is 1.78. The molecule has 2 rings (SSSR count). The first-order valence-corrected chi connectivity index (χ1v) is 5.50. The molecule has 0 bridgehead atoms. The zero-order chi connectivity index (χ0) is 13.1. The normalized spacial score (nSPS) is 18.6. The van der Waals surface area contributed by atoms with E-state index in [2.05, 4.69) is 5.32 Å². The molecule has 1 heterocycles. The maximum Gasteiger partial charge on any atom is 0.328 e. The Kier molecular flexibility index (Phi) is 3.47. The minimum atomic E-state index is -1.30. The van der Waals surface area contributed by atoms with Crippen molar-refractivity contribution >= 4 is 11.9 Å². The Morgan fingerprint density at radius 3 is 2.78 bits per heavy atom. The fourth-order valence-electron chi connectivity index (χ4n) is 1.78. The lowest BCUT2D eigenvalue weighted by Crippen LogP contribution is -2.48. The first-order chi connectivity index (χ1) is 8.61. The molecule has 2 unspecified atom stereocenters. The SMILES string of the molecule is O=C(O)C(CO)NC(=O)C1Cc2ccccc2O1. The Bertz CT molecular complexity index is 448. The summed E-state index contributed by atoms with van der Waals surface area (Å²) in [6.45, 7) is -0.652. The van der Waals surface area contributed by atoms with Crippen LogP contribution < -0.4 is 10.1 Å². The number of rotatable bonds is 4. The second-order valence-corrected chi connectivity index (χ2v) is 4.00. The van der Waals surface area contributed by atoms with Gasteiger partial charge in [0.25, 0.3) is 5.91 Å². The third-order valence-corrected chi connectivity index (χ3v) is 2.74. The highest BCUT2D eigenvalue weighted by atomic mass is 16.5. The topological polar surface area (TPSA) is 95.9 Å². The molecule has 0 saturated heterocycles. The molecule has 1 aromatic carbocycles. The lowest BCUT2D eigenvalue weighted by molar-refractivity contribution is -0.144. The van der Waals surface area contributed by atoms with Crippen LogP contribution in [0.2, 0.25) is 0 Å². The molecular formula is C12H13NO5. The molecule has 6 nitrogen and oxygen atoms in total. The molecule has 0 aliphatic carbocycles. The van der Waals surface area contributed by atoms with Crippen molar-refractivity contribution in [2.45, 2.75) is 18.6 Å². The number of aliphatic hydroxyl groups excluding tert-OH is 1. The molecule has 1 aliphatic rings. The summed E-state index contributed by atoms with van der Waals surface area (Å²) < 4.78 is 5.41. The van der Waals surface area contributed by atoms with E-state index in [1.807, 2.05) is 12.1 Å². The van der Waals surface area contributed by atoms with Crippen LogP contribution in [-0.2, 0) is 16.0 Å². The number of fused-ring (bicyclic) bond motifs is 1. The van der Waals surface area contributed by atoms with Crippen molar-refractivity contribution in [2.75, 3.05) is 6.61 Å². The molecule has 0 aromatic heterocycles. The number of aliphatic carboxylic acids is 1. The lowest BCUT2D eigenvalue weighted by Gasteiger charge is -2.15. The zero-order valence-electron chi connectivity index (χ0n) is 9.50. The van der Waals surface area contributed by atoms with E-state index in [1.165, 1.54) is 0 Å². The molecular weight excluding hydrogens is 238 g/mol. The predicted octanol–water partition coefficient (Wildman–Crippen LogP) is -0.448. The van der Waals surface area contributed by atoms with Crippen molar-refractivity contribution in [2.24, 2.45) is 0 Å². The van der Waals surface area contributed by atoms with E-state index in [0.717, 1.165) is 5.56 Å². The highest BCUT2D eigenvalue weighted by molar-refractivity contribution is 5.87. The number of carbonyl (C=O) groups is 2. The largest absolute Gasteiger partial charge is 0.480 e. The van der Waals surface area contributed by atoms with Gasteiger partial charge in [-0.05, 0) is 11.6 Å². The summed E-state index contributed by atoms with van der Waals surface area (Å²) in [5.74, 6) is -1.18. The number of nitrogens with one attached hydrogen (secondary N) is 1. The maximum atomic E-state index is 11.8. The minimum Gasteiger partial charge on any atom is -0.480 e. The molecule has 18 heavy (non-hydrogen) atoms. The summed E-state index contributed by atoms with van der Waals surface area (Å²) >= 11 is 0. The number of carboxylic acid groups (broad SMARTS) is 1. The zero-order valence-corrected chi connectivity index (χ0v) is 9.50. The summed E-state index contributed by atoms with van der Waals surface area (Å²) in [6.07, 6.45) is -0.337. The van der Waals surface area contributed by atoms with Gasteiger partial charge in [0.1, 0.15) is 11.8 Å². The number of para-hydroxylation sites is 1. The van der Waals surface area contributed by atoms with Gasteiger partial charge in [-0.15, -0.1) is 0 Å². The van der Waals surface area contributed by atoms with E-state index < -0.39 is 30.6 Å². The van der Waals surface area contributed by atoms with Gasteiger partial charge in [0.2, 0.25) is 0 Å². The summed E-state index contributed by atoms with van der Waals surface area (Å²) in [5.41, 5.74) is 0.911. The predicted molar refractivity (Wildman–Crippen MR) is 61.2 cm³/mol. The van der Waals surface area contributed by atoms with Crippen LogP contribution in [0.3, 0.4) is 0 Å². The van der Waals surface area contributed by atoms with E-state index >= 15 is 0 Å². The van der Waals surface area contributed by atoms with Crippen LogP contribution in [0, 0.1) is 0 Å². The number of hydrogen-bond acceptors (Lipinski definition) is 4. The first kappa shape index (κ1) is 12.4. The number of carboxylic acids is 1. The Hall–Kier alpha value is -2.08. The number of aliphatic hydroxyl groups is 1. The second-order valence-electron chi connectivity index (χ2n) is 4.00. The van der Waals surface area contributed by atoms with Gasteiger partial charge in [-0.1, -0.05) is 18.2 Å². The molecule has 0 spiro atoms. The molecule has 6 heteroatoms. The van der Waals surface area contributed by atoms with Crippen molar-refractivity contribution in [3.63, 3.8) is 0 Å². The van der Waals surface area contributed by atoms with Crippen LogP contribution >= 0.6 is 0 Å². The Balaban J connectivity index is 1.99. The van der Waals surface area contributed by atoms with Gasteiger partial charge in [0.05, 0.1) is 6.61 Å². The Morgan fingerprint density at radius 2 is 2.17 bits per heavy atom. The molecule has 0 saturated carbocycles. The average molecular weight is 251 g/mol. The number of amides is 1. The summed E-state index contributed by atoms with van der Waals surface area (Å²) in [5, 5.41) is 19.8. The van der Waals surface area contributed by atoms with E-state index in [0.29, 0.717) is 12.2 Å². The quantitative estimate of drug-likeness (QED) is 0.673. The van der Waals surface area contributed by atoms with Gasteiger partial charge in [0.15, 0.2) is 6.10 Å². The summed E-state index contributed by atoms with van der Waals surface area (Å²) in [4.78, 5) is 22.5. The van der Waals surface area contributed by atoms with Crippen LogP contribution in [0.5, 0.6) is 5.75 Å². The van der Waals surface area contributed by atoms with Gasteiger partial charge < -0.3 is 20.3 Å². The smallest absolute Gasteiger partial charge is 0.328 e. The molecule has 0 radical (unpaired) electrons. The Labute approximate surface area is 103 Å². The lowest BCUT2D eigenvalue weighted by atomic mass is 10.1. The van der Waals surface area contributed by atoms with Crippen LogP contribution in [0.1, 0.15) is 5.56 Å².